The van der Waals surface area contributed by atoms with Gasteiger partial charge in [0.05, 0.1) is 5.75 Å². The van der Waals surface area contributed by atoms with Crippen LogP contribution in [0.1, 0.15) is 11.3 Å². The van der Waals surface area contributed by atoms with Gasteiger partial charge in [0.1, 0.15) is 9.84 Å². The Morgan fingerprint density at radius 3 is 2.80 bits per heavy atom. The van der Waals surface area contributed by atoms with Gasteiger partial charge in [0.2, 0.25) is 0 Å². The lowest BCUT2D eigenvalue weighted by atomic mass is 10.3. The minimum atomic E-state index is -2.88. The average Bonchev–Trinajstić information content (AvgIpc) is 2.88. The molecule has 1 aromatic rings. The molecule has 0 aliphatic carbocycles. The monoisotopic (exact) mass is 317 g/mol. The van der Waals surface area contributed by atoms with Crippen LogP contribution in [0.15, 0.2) is 22.5 Å². The maximum absolute atomic E-state index is 11.0. The molecule has 1 heterocycles. The quantitative estimate of drug-likeness (QED) is 0.467. The summed E-state index contributed by atoms with van der Waals surface area (Å²) in [6.45, 7) is 1.50. The molecule has 7 heteroatoms. The van der Waals surface area contributed by atoms with Gasteiger partial charge in [-0.25, -0.2) is 8.42 Å². The van der Waals surface area contributed by atoms with Crippen molar-refractivity contribution in [2.24, 2.45) is 4.99 Å². The molecular weight excluding hydrogens is 294 g/mol. The maximum atomic E-state index is 11.0. The third kappa shape index (κ3) is 6.91. The Morgan fingerprint density at radius 2 is 2.25 bits per heavy atom. The van der Waals surface area contributed by atoms with Gasteiger partial charge in [0.25, 0.3) is 0 Å². The molecule has 114 valence electrons. The van der Waals surface area contributed by atoms with Gasteiger partial charge in [-0.1, -0.05) is 6.07 Å². The first kappa shape index (κ1) is 17.0. The molecule has 0 bridgehead atoms. The molecule has 0 saturated heterocycles. The van der Waals surface area contributed by atoms with Crippen LogP contribution in [0.25, 0.3) is 0 Å². The Kier molecular flexibility index (Phi) is 7.01. The van der Waals surface area contributed by atoms with E-state index in [0.717, 1.165) is 18.9 Å². The molecule has 1 aromatic heterocycles. The summed E-state index contributed by atoms with van der Waals surface area (Å²) < 4.78 is 22.1. The second-order valence-corrected chi connectivity index (χ2v) is 8.00. The molecule has 20 heavy (non-hydrogen) atoms. The van der Waals surface area contributed by atoms with Crippen LogP contribution in [0, 0.1) is 0 Å². The van der Waals surface area contributed by atoms with E-state index < -0.39 is 9.84 Å². The van der Waals surface area contributed by atoms with Crippen molar-refractivity contribution < 1.29 is 8.42 Å². The molecule has 0 saturated carbocycles. The van der Waals surface area contributed by atoms with Crippen molar-refractivity contribution in [3.05, 3.63) is 22.4 Å². The van der Waals surface area contributed by atoms with E-state index in [1.807, 2.05) is 7.05 Å². The van der Waals surface area contributed by atoms with E-state index in [9.17, 15) is 8.42 Å². The van der Waals surface area contributed by atoms with Crippen LogP contribution in [-0.4, -0.2) is 58.5 Å². The summed E-state index contributed by atoms with van der Waals surface area (Å²) in [4.78, 5) is 7.61. The zero-order valence-corrected chi connectivity index (χ0v) is 13.9. The molecule has 0 radical (unpaired) electrons. The zero-order chi connectivity index (χ0) is 15.0. The van der Waals surface area contributed by atoms with Crippen LogP contribution in [0.4, 0.5) is 0 Å². The lowest BCUT2D eigenvalue weighted by molar-refractivity contribution is 0.486. The Morgan fingerprint density at radius 1 is 1.50 bits per heavy atom. The summed E-state index contributed by atoms with van der Waals surface area (Å²) >= 11 is 1.75. The van der Waals surface area contributed by atoms with Gasteiger partial charge < -0.3 is 10.2 Å². The standard InChI is InChI=1S/C13H23N3O2S2/c1-14-13(15-8-5-11-20(3,17)18)16(2)9-7-12-6-4-10-19-12/h4,6,10H,5,7-9,11H2,1-3H3,(H,14,15). The molecule has 1 N–H and O–H groups in total. The normalized spacial score (nSPS) is 12.4. The van der Waals surface area contributed by atoms with Crippen molar-refractivity contribution in [3.8, 4) is 0 Å². The van der Waals surface area contributed by atoms with Gasteiger partial charge in [-0.3, -0.25) is 4.99 Å². The first-order valence-corrected chi connectivity index (χ1v) is 9.48. The smallest absolute Gasteiger partial charge is 0.193 e. The molecule has 0 fully saturated rings. The van der Waals surface area contributed by atoms with Gasteiger partial charge in [-0.15, -0.1) is 11.3 Å². The number of nitrogens with zero attached hydrogens (tertiary/aromatic N) is 2. The Hall–Kier alpha value is -1.08. The summed E-state index contributed by atoms with van der Waals surface area (Å²) in [6, 6.07) is 4.18. The number of hydrogen-bond donors (Lipinski definition) is 1. The Labute approximate surface area is 125 Å². The topological polar surface area (TPSA) is 61.8 Å². The fraction of sp³-hybridized carbons (Fsp3) is 0.615. The molecule has 0 aliphatic heterocycles. The van der Waals surface area contributed by atoms with E-state index in [-0.39, 0.29) is 5.75 Å². The summed E-state index contributed by atoms with van der Waals surface area (Å²) in [5.74, 6) is 1.01. The number of sulfone groups is 1. The predicted octanol–water partition coefficient (Wildman–Crippen LogP) is 1.23. The average molecular weight is 317 g/mol. The molecule has 5 nitrogen and oxygen atoms in total. The zero-order valence-electron chi connectivity index (χ0n) is 12.3. The van der Waals surface area contributed by atoms with E-state index >= 15 is 0 Å². The molecule has 0 aliphatic rings. The molecule has 1 rings (SSSR count). The van der Waals surface area contributed by atoms with E-state index in [0.29, 0.717) is 13.0 Å². The van der Waals surface area contributed by atoms with Crippen LogP contribution < -0.4 is 5.32 Å². The highest BCUT2D eigenvalue weighted by molar-refractivity contribution is 7.90. The maximum Gasteiger partial charge on any atom is 0.193 e. The lowest BCUT2D eigenvalue weighted by Gasteiger charge is -2.21. The number of guanidine groups is 1. The summed E-state index contributed by atoms with van der Waals surface area (Å²) in [5.41, 5.74) is 0. The van der Waals surface area contributed by atoms with Gasteiger partial charge >= 0.3 is 0 Å². The van der Waals surface area contributed by atoms with Crippen LogP contribution >= 0.6 is 11.3 Å². The lowest BCUT2D eigenvalue weighted by Crippen LogP contribution is -2.40. The minimum Gasteiger partial charge on any atom is -0.356 e. The summed E-state index contributed by atoms with van der Waals surface area (Å²) in [5, 5.41) is 5.26. The SMILES string of the molecule is CN=C(NCCCS(C)(=O)=O)N(C)CCc1cccs1. The first-order chi connectivity index (χ1) is 9.42. The molecular formula is C13H23N3O2S2. The Bertz CT molecular complexity index is 510. The van der Waals surface area contributed by atoms with Crippen molar-refractivity contribution in [1.82, 2.24) is 10.2 Å². The summed E-state index contributed by atoms with van der Waals surface area (Å²) in [6.07, 6.45) is 2.84. The van der Waals surface area contributed by atoms with Crippen LogP contribution in [0.2, 0.25) is 0 Å². The fourth-order valence-electron chi connectivity index (χ4n) is 1.76. The van der Waals surface area contributed by atoms with Crippen molar-refractivity contribution >= 4 is 27.1 Å². The predicted molar refractivity (Wildman–Crippen MR) is 86.3 cm³/mol. The van der Waals surface area contributed by atoms with Crippen molar-refractivity contribution in [1.29, 1.82) is 0 Å². The van der Waals surface area contributed by atoms with Gasteiger partial charge in [-0.05, 0) is 24.3 Å². The highest BCUT2D eigenvalue weighted by Crippen LogP contribution is 2.09. The van der Waals surface area contributed by atoms with Crippen LogP contribution in [-0.2, 0) is 16.3 Å². The highest BCUT2D eigenvalue weighted by atomic mass is 32.2. The Balaban J connectivity index is 2.30. The number of aliphatic imine (C=N–C) groups is 1. The third-order valence-electron chi connectivity index (χ3n) is 2.82. The second-order valence-electron chi connectivity index (χ2n) is 4.71. The van der Waals surface area contributed by atoms with Crippen molar-refractivity contribution in [3.63, 3.8) is 0 Å². The number of hydrogen-bond acceptors (Lipinski definition) is 4. The largest absolute Gasteiger partial charge is 0.356 e. The number of rotatable bonds is 7. The van der Waals surface area contributed by atoms with Gasteiger partial charge in [0, 0.05) is 38.3 Å². The van der Waals surface area contributed by atoms with Crippen molar-refractivity contribution in [2.45, 2.75) is 12.8 Å². The molecule has 0 amide bonds. The second kappa shape index (κ2) is 8.26. The number of thiophene rings is 1. The van der Waals surface area contributed by atoms with Crippen LogP contribution in [0.3, 0.4) is 0 Å². The van der Waals surface area contributed by atoms with E-state index in [1.54, 1.807) is 18.4 Å². The van der Waals surface area contributed by atoms with E-state index in [2.05, 4.69) is 32.7 Å². The minimum absolute atomic E-state index is 0.204. The highest BCUT2D eigenvalue weighted by Gasteiger charge is 2.07. The van der Waals surface area contributed by atoms with E-state index in [4.69, 9.17) is 0 Å². The third-order valence-corrected chi connectivity index (χ3v) is 4.79. The number of likely N-dealkylation sites (N-methyl/N-ethyl adjacent to an activating group) is 1. The molecule has 0 aromatic carbocycles. The fourth-order valence-corrected chi connectivity index (χ4v) is 3.12. The number of nitrogens with one attached hydrogen (secondary N) is 1. The molecule has 0 spiro atoms. The summed E-state index contributed by atoms with van der Waals surface area (Å²) in [7, 11) is 0.841. The van der Waals surface area contributed by atoms with E-state index in [1.165, 1.54) is 11.1 Å². The van der Waals surface area contributed by atoms with Gasteiger partial charge in [0.15, 0.2) is 5.96 Å². The van der Waals surface area contributed by atoms with Gasteiger partial charge in [-0.2, -0.15) is 0 Å². The van der Waals surface area contributed by atoms with Crippen molar-refractivity contribution in [2.75, 3.05) is 39.2 Å². The first-order valence-electron chi connectivity index (χ1n) is 6.54. The van der Waals surface area contributed by atoms with Crippen LogP contribution in [0.5, 0.6) is 0 Å². The molecule has 0 unspecified atom stereocenters. The molecule has 0 atom stereocenters.